The maximum Gasteiger partial charge on any atom is 0.251 e. The van der Waals surface area contributed by atoms with Crippen molar-refractivity contribution in [1.29, 1.82) is 0 Å². The number of ether oxygens (including phenoxy) is 1. The predicted octanol–water partition coefficient (Wildman–Crippen LogP) is 3.10. The molecule has 0 aliphatic heterocycles. The standard InChI is InChI=1S/C21H20FN3O4S/c1-29-20-9-10-23-13-19(20)25-30(27,28)14-16-6-2-3-8-18(16)21(26)24-12-15-5-4-7-17(22)11-15/h2-11,13,25H,12,14H2,1H3,(H,24,26). The first-order valence-corrected chi connectivity index (χ1v) is 10.6. The fourth-order valence-electron chi connectivity index (χ4n) is 2.84. The number of hydrogen-bond acceptors (Lipinski definition) is 5. The normalized spacial score (nSPS) is 11.0. The van der Waals surface area contributed by atoms with Crippen LogP contribution in [0.5, 0.6) is 5.75 Å². The van der Waals surface area contributed by atoms with Crippen molar-refractivity contribution >= 4 is 21.6 Å². The van der Waals surface area contributed by atoms with Crippen molar-refractivity contribution in [2.45, 2.75) is 12.3 Å². The molecule has 2 N–H and O–H groups in total. The molecule has 3 aromatic rings. The minimum Gasteiger partial charge on any atom is -0.494 e. The highest BCUT2D eigenvalue weighted by molar-refractivity contribution is 7.91. The fourth-order valence-corrected chi connectivity index (χ4v) is 4.06. The molecular formula is C21H20FN3O4S. The monoisotopic (exact) mass is 429 g/mol. The summed E-state index contributed by atoms with van der Waals surface area (Å²) in [5.41, 5.74) is 1.34. The SMILES string of the molecule is COc1ccncc1NS(=O)(=O)Cc1ccccc1C(=O)NCc1cccc(F)c1. The number of halogens is 1. The number of amides is 1. The van der Waals surface area contributed by atoms with Crippen LogP contribution >= 0.6 is 0 Å². The van der Waals surface area contributed by atoms with Crippen LogP contribution < -0.4 is 14.8 Å². The van der Waals surface area contributed by atoms with Crippen LogP contribution in [0, 0.1) is 5.82 Å². The lowest BCUT2D eigenvalue weighted by Gasteiger charge is -2.13. The van der Waals surface area contributed by atoms with Gasteiger partial charge in [0.2, 0.25) is 10.0 Å². The number of aromatic nitrogens is 1. The average Bonchev–Trinajstić information content (AvgIpc) is 2.72. The number of pyridine rings is 1. The van der Waals surface area contributed by atoms with Gasteiger partial charge in [0.15, 0.2) is 0 Å². The number of rotatable bonds is 8. The summed E-state index contributed by atoms with van der Waals surface area (Å²) in [5, 5.41) is 2.69. The maximum absolute atomic E-state index is 13.3. The summed E-state index contributed by atoms with van der Waals surface area (Å²) >= 11 is 0. The Bertz CT molecular complexity index is 1150. The van der Waals surface area contributed by atoms with E-state index in [1.165, 1.54) is 43.8 Å². The Kier molecular flexibility index (Phi) is 6.63. The van der Waals surface area contributed by atoms with Crippen LogP contribution in [-0.4, -0.2) is 26.4 Å². The third-order valence-electron chi connectivity index (χ3n) is 4.22. The molecule has 0 saturated carbocycles. The first-order chi connectivity index (χ1) is 14.4. The van der Waals surface area contributed by atoms with Crippen molar-refractivity contribution in [2.75, 3.05) is 11.8 Å². The largest absolute Gasteiger partial charge is 0.494 e. The van der Waals surface area contributed by atoms with Gasteiger partial charge in [-0.3, -0.25) is 14.5 Å². The van der Waals surface area contributed by atoms with Gasteiger partial charge in [-0.15, -0.1) is 0 Å². The Labute approximate surface area is 174 Å². The predicted molar refractivity (Wildman–Crippen MR) is 111 cm³/mol. The Morgan fingerprint density at radius 1 is 1.13 bits per heavy atom. The topological polar surface area (TPSA) is 97.4 Å². The molecule has 7 nitrogen and oxygen atoms in total. The highest BCUT2D eigenvalue weighted by Gasteiger charge is 2.19. The number of nitrogens with one attached hydrogen (secondary N) is 2. The van der Waals surface area contributed by atoms with Gasteiger partial charge < -0.3 is 10.1 Å². The lowest BCUT2D eigenvalue weighted by atomic mass is 10.1. The van der Waals surface area contributed by atoms with Crippen molar-refractivity contribution in [3.63, 3.8) is 0 Å². The molecule has 0 fully saturated rings. The van der Waals surface area contributed by atoms with Crippen molar-refractivity contribution in [3.8, 4) is 5.75 Å². The van der Waals surface area contributed by atoms with Gasteiger partial charge in [0.25, 0.3) is 5.91 Å². The van der Waals surface area contributed by atoms with E-state index in [1.807, 2.05) is 0 Å². The van der Waals surface area contributed by atoms with Gasteiger partial charge in [0.1, 0.15) is 17.3 Å². The number of anilines is 1. The van der Waals surface area contributed by atoms with Gasteiger partial charge in [-0.25, -0.2) is 12.8 Å². The molecule has 0 unspecified atom stereocenters. The van der Waals surface area contributed by atoms with Crippen LogP contribution in [0.2, 0.25) is 0 Å². The van der Waals surface area contributed by atoms with Crippen LogP contribution in [-0.2, 0) is 22.3 Å². The summed E-state index contributed by atoms with van der Waals surface area (Å²) < 4.78 is 46.2. The second-order valence-electron chi connectivity index (χ2n) is 6.41. The third kappa shape index (κ3) is 5.54. The second kappa shape index (κ2) is 9.36. The first-order valence-electron chi connectivity index (χ1n) is 8.97. The van der Waals surface area contributed by atoms with E-state index in [1.54, 1.807) is 30.3 Å². The Balaban J connectivity index is 1.75. The molecule has 0 spiro atoms. The molecule has 0 aliphatic rings. The first kappa shape index (κ1) is 21.3. The zero-order valence-corrected chi connectivity index (χ0v) is 16.9. The van der Waals surface area contributed by atoms with E-state index in [2.05, 4.69) is 15.0 Å². The summed E-state index contributed by atoms with van der Waals surface area (Å²) in [5.74, 6) is -0.946. The van der Waals surface area contributed by atoms with Crippen molar-refractivity contribution in [1.82, 2.24) is 10.3 Å². The molecule has 0 bridgehead atoms. The molecule has 0 atom stereocenters. The third-order valence-corrected chi connectivity index (χ3v) is 5.44. The second-order valence-corrected chi connectivity index (χ2v) is 8.13. The van der Waals surface area contributed by atoms with Crippen LogP contribution in [0.15, 0.2) is 67.0 Å². The smallest absolute Gasteiger partial charge is 0.251 e. The summed E-state index contributed by atoms with van der Waals surface area (Å²) in [4.78, 5) is 16.5. The van der Waals surface area contributed by atoms with Crippen molar-refractivity contribution in [3.05, 3.63) is 89.5 Å². The van der Waals surface area contributed by atoms with Crippen molar-refractivity contribution < 1.29 is 22.3 Å². The average molecular weight is 429 g/mol. The summed E-state index contributed by atoms with van der Waals surface area (Å²) in [6, 6.07) is 13.8. The number of nitrogens with zero attached hydrogens (tertiary/aromatic N) is 1. The molecule has 3 rings (SSSR count). The van der Waals surface area contributed by atoms with Gasteiger partial charge in [0.05, 0.1) is 19.1 Å². The Morgan fingerprint density at radius 2 is 1.93 bits per heavy atom. The van der Waals surface area contributed by atoms with Crippen LogP contribution in [0.25, 0.3) is 0 Å². The fraction of sp³-hybridized carbons (Fsp3) is 0.143. The molecule has 9 heteroatoms. The molecule has 2 aromatic carbocycles. The van der Waals surface area contributed by atoms with E-state index in [-0.39, 0.29) is 17.8 Å². The van der Waals surface area contributed by atoms with Crippen molar-refractivity contribution in [2.24, 2.45) is 0 Å². The number of methoxy groups -OCH3 is 1. The van der Waals surface area contributed by atoms with Gasteiger partial charge in [-0.2, -0.15) is 0 Å². The maximum atomic E-state index is 13.3. The van der Waals surface area contributed by atoms with Gasteiger partial charge in [0, 0.05) is 24.4 Å². The number of carbonyl (C=O) groups excluding carboxylic acids is 1. The van der Waals surface area contributed by atoms with Gasteiger partial charge in [-0.1, -0.05) is 30.3 Å². The quantitative estimate of drug-likeness (QED) is 0.574. The number of carbonyl (C=O) groups is 1. The van der Waals surface area contributed by atoms with E-state index < -0.39 is 27.5 Å². The van der Waals surface area contributed by atoms with Crippen LogP contribution in [0.3, 0.4) is 0 Å². The minimum atomic E-state index is -3.85. The summed E-state index contributed by atoms with van der Waals surface area (Å²) in [6.07, 6.45) is 2.82. The van der Waals surface area contributed by atoms with E-state index in [4.69, 9.17) is 4.74 Å². The molecule has 1 amide bonds. The van der Waals surface area contributed by atoms with Crippen LogP contribution in [0.1, 0.15) is 21.5 Å². The molecule has 30 heavy (non-hydrogen) atoms. The lowest BCUT2D eigenvalue weighted by Crippen LogP contribution is -2.25. The highest BCUT2D eigenvalue weighted by atomic mass is 32.2. The summed E-state index contributed by atoms with van der Waals surface area (Å²) in [6.45, 7) is 0.114. The Morgan fingerprint density at radius 3 is 2.70 bits per heavy atom. The van der Waals surface area contributed by atoms with Gasteiger partial charge in [-0.05, 0) is 29.3 Å². The summed E-state index contributed by atoms with van der Waals surface area (Å²) in [7, 11) is -2.43. The molecule has 0 radical (unpaired) electrons. The molecule has 1 heterocycles. The molecule has 1 aromatic heterocycles. The van der Waals surface area contributed by atoms with Gasteiger partial charge >= 0.3 is 0 Å². The zero-order valence-electron chi connectivity index (χ0n) is 16.1. The molecule has 0 saturated heterocycles. The van der Waals surface area contributed by atoms with E-state index in [0.717, 1.165) is 0 Å². The molecule has 0 aliphatic carbocycles. The van der Waals surface area contributed by atoms with E-state index >= 15 is 0 Å². The lowest BCUT2D eigenvalue weighted by molar-refractivity contribution is 0.0950. The zero-order chi connectivity index (χ0) is 21.6. The number of hydrogen-bond donors (Lipinski definition) is 2. The van der Waals surface area contributed by atoms with E-state index in [9.17, 15) is 17.6 Å². The Hall–Kier alpha value is -3.46. The minimum absolute atomic E-state index is 0.114. The molecular weight excluding hydrogens is 409 g/mol. The molecule has 156 valence electrons. The number of sulfonamides is 1. The van der Waals surface area contributed by atoms with E-state index in [0.29, 0.717) is 16.9 Å². The highest BCUT2D eigenvalue weighted by Crippen LogP contribution is 2.24. The van der Waals surface area contributed by atoms with Crippen LogP contribution in [0.4, 0.5) is 10.1 Å². The number of benzene rings is 2.